The van der Waals surface area contributed by atoms with Crippen molar-refractivity contribution in [2.24, 2.45) is 0 Å². The van der Waals surface area contributed by atoms with E-state index in [9.17, 15) is 0 Å². The van der Waals surface area contributed by atoms with Crippen molar-refractivity contribution < 1.29 is 0 Å². The van der Waals surface area contributed by atoms with Gasteiger partial charge in [0.25, 0.3) is 0 Å². The van der Waals surface area contributed by atoms with Crippen LogP contribution in [0.15, 0.2) is 12.1 Å². The predicted molar refractivity (Wildman–Crippen MR) is 54.6 cm³/mol. The van der Waals surface area contributed by atoms with E-state index in [1.54, 1.807) is 0 Å². The summed E-state index contributed by atoms with van der Waals surface area (Å²) in [4.78, 5) is 0. The highest BCUT2D eigenvalue weighted by Crippen LogP contribution is 2.17. The number of benzene rings is 1. The normalized spacial score (nSPS) is 9.69. The first kappa shape index (κ1) is 9.80. The van der Waals surface area contributed by atoms with Gasteiger partial charge in [0.05, 0.1) is 11.6 Å². The molecule has 0 atom stereocenters. The van der Waals surface area contributed by atoms with Gasteiger partial charge in [-0.25, -0.2) is 0 Å². The Morgan fingerprint density at radius 3 is 2.15 bits per heavy atom. The van der Waals surface area contributed by atoms with E-state index in [0.717, 1.165) is 18.4 Å². The van der Waals surface area contributed by atoms with Gasteiger partial charge < -0.3 is 0 Å². The quantitative estimate of drug-likeness (QED) is 0.674. The molecule has 1 rings (SSSR count). The van der Waals surface area contributed by atoms with Crippen LogP contribution in [0.3, 0.4) is 0 Å². The molecule has 0 aliphatic heterocycles. The highest BCUT2D eigenvalue weighted by molar-refractivity contribution is 5.42. The van der Waals surface area contributed by atoms with Gasteiger partial charge in [-0.3, -0.25) is 0 Å². The molecule has 0 N–H and O–H groups in total. The molecule has 0 aliphatic rings. The van der Waals surface area contributed by atoms with Crippen molar-refractivity contribution in [1.82, 2.24) is 0 Å². The van der Waals surface area contributed by atoms with Gasteiger partial charge in [-0.2, -0.15) is 5.26 Å². The monoisotopic (exact) mass is 173 g/mol. The topological polar surface area (TPSA) is 23.8 Å². The van der Waals surface area contributed by atoms with Crippen LogP contribution in [-0.2, 0) is 6.42 Å². The number of aryl methyl sites for hydroxylation is 2. The van der Waals surface area contributed by atoms with Crippen LogP contribution in [-0.4, -0.2) is 0 Å². The van der Waals surface area contributed by atoms with Gasteiger partial charge >= 0.3 is 0 Å². The summed E-state index contributed by atoms with van der Waals surface area (Å²) in [5, 5.41) is 8.76. The maximum absolute atomic E-state index is 8.76. The molecule has 0 bridgehead atoms. The lowest BCUT2D eigenvalue weighted by Crippen LogP contribution is -1.94. The number of nitriles is 1. The zero-order valence-electron chi connectivity index (χ0n) is 8.52. The molecule has 0 fully saturated rings. The van der Waals surface area contributed by atoms with Crippen LogP contribution in [0, 0.1) is 25.2 Å². The average Bonchev–Trinajstić information content (AvgIpc) is 2.11. The van der Waals surface area contributed by atoms with Crippen molar-refractivity contribution in [3.63, 3.8) is 0 Å². The van der Waals surface area contributed by atoms with Crippen LogP contribution in [0.5, 0.6) is 0 Å². The average molecular weight is 173 g/mol. The van der Waals surface area contributed by atoms with Crippen LogP contribution in [0.2, 0.25) is 0 Å². The van der Waals surface area contributed by atoms with Gasteiger partial charge in [-0.05, 0) is 49.1 Å². The standard InChI is InChI=1S/C12H15N/c1-4-5-12-9(2)6-11(8-13)7-10(12)3/h6-7H,4-5H2,1-3H3. The van der Waals surface area contributed by atoms with Crippen molar-refractivity contribution in [3.8, 4) is 6.07 Å². The highest BCUT2D eigenvalue weighted by atomic mass is 14.2. The van der Waals surface area contributed by atoms with Crippen molar-refractivity contribution >= 4 is 0 Å². The van der Waals surface area contributed by atoms with Crippen LogP contribution in [0.1, 0.15) is 35.6 Å². The molecule has 0 amide bonds. The Kier molecular flexibility index (Phi) is 3.08. The van der Waals surface area contributed by atoms with Gasteiger partial charge in [-0.1, -0.05) is 13.3 Å². The summed E-state index contributed by atoms with van der Waals surface area (Å²) in [5.74, 6) is 0. The van der Waals surface area contributed by atoms with E-state index in [2.05, 4.69) is 26.8 Å². The van der Waals surface area contributed by atoms with Crippen LogP contribution in [0.25, 0.3) is 0 Å². The molecule has 1 aromatic carbocycles. The first-order valence-corrected chi connectivity index (χ1v) is 4.69. The third-order valence-electron chi connectivity index (χ3n) is 2.33. The third kappa shape index (κ3) is 2.09. The number of nitrogens with zero attached hydrogens (tertiary/aromatic N) is 1. The zero-order valence-corrected chi connectivity index (χ0v) is 8.52. The molecular formula is C12H15N. The van der Waals surface area contributed by atoms with Crippen molar-refractivity contribution in [3.05, 3.63) is 34.4 Å². The van der Waals surface area contributed by atoms with Crippen molar-refractivity contribution in [1.29, 1.82) is 5.26 Å². The molecule has 0 spiro atoms. The second-order valence-electron chi connectivity index (χ2n) is 3.45. The molecule has 0 unspecified atom stereocenters. The lowest BCUT2D eigenvalue weighted by atomic mass is 9.96. The lowest BCUT2D eigenvalue weighted by molar-refractivity contribution is 0.902. The molecule has 0 radical (unpaired) electrons. The Bertz CT molecular complexity index is 322. The summed E-state index contributed by atoms with van der Waals surface area (Å²) in [6, 6.07) is 6.12. The first-order valence-electron chi connectivity index (χ1n) is 4.69. The van der Waals surface area contributed by atoms with Gasteiger partial charge in [0.15, 0.2) is 0 Å². The van der Waals surface area contributed by atoms with Crippen molar-refractivity contribution in [2.75, 3.05) is 0 Å². The Hall–Kier alpha value is -1.29. The smallest absolute Gasteiger partial charge is 0.0991 e. The van der Waals surface area contributed by atoms with Crippen molar-refractivity contribution in [2.45, 2.75) is 33.6 Å². The maximum Gasteiger partial charge on any atom is 0.0991 e. The molecule has 68 valence electrons. The molecule has 1 nitrogen and oxygen atoms in total. The van der Waals surface area contributed by atoms with Crippen LogP contribution < -0.4 is 0 Å². The number of hydrogen-bond donors (Lipinski definition) is 0. The minimum atomic E-state index is 0.773. The molecule has 0 saturated heterocycles. The second kappa shape index (κ2) is 4.09. The van der Waals surface area contributed by atoms with E-state index in [0.29, 0.717) is 0 Å². The molecule has 1 aromatic rings. The summed E-state index contributed by atoms with van der Waals surface area (Å²) in [5.41, 5.74) is 4.67. The Morgan fingerprint density at radius 1 is 1.23 bits per heavy atom. The maximum atomic E-state index is 8.76. The second-order valence-corrected chi connectivity index (χ2v) is 3.45. The summed E-state index contributed by atoms with van der Waals surface area (Å²) in [7, 11) is 0. The molecule has 0 aliphatic carbocycles. The van der Waals surface area contributed by atoms with E-state index in [1.807, 2.05) is 12.1 Å². The van der Waals surface area contributed by atoms with Gasteiger partial charge in [0.1, 0.15) is 0 Å². The van der Waals surface area contributed by atoms with Gasteiger partial charge in [0.2, 0.25) is 0 Å². The molecule has 0 aromatic heterocycles. The zero-order chi connectivity index (χ0) is 9.84. The minimum absolute atomic E-state index is 0.773. The molecule has 13 heavy (non-hydrogen) atoms. The minimum Gasteiger partial charge on any atom is -0.192 e. The van der Waals surface area contributed by atoms with Crippen LogP contribution >= 0.6 is 0 Å². The summed E-state index contributed by atoms with van der Waals surface area (Å²) >= 11 is 0. The largest absolute Gasteiger partial charge is 0.192 e. The van der Waals surface area contributed by atoms with E-state index in [-0.39, 0.29) is 0 Å². The third-order valence-corrected chi connectivity index (χ3v) is 2.33. The summed E-state index contributed by atoms with van der Waals surface area (Å²) in [6.07, 6.45) is 2.27. The highest BCUT2D eigenvalue weighted by Gasteiger charge is 2.03. The predicted octanol–water partition coefficient (Wildman–Crippen LogP) is 3.13. The van der Waals surface area contributed by atoms with Gasteiger partial charge in [-0.15, -0.1) is 0 Å². The fourth-order valence-corrected chi connectivity index (χ4v) is 1.70. The Morgan fingerprint density at radius 2 is 1.77 bits per heavy atom. The number of hydrogen-bond acceptors (Lipinski definition) is 1. The van der Waals surface area contributed by atoms with E-state index >= 15 is 0 Å². The molecule has 0 heterocycles. The molecule has 1 heteroatoms. The van der Waals surface area contributed by atoms with Crippen LogP contribution in [0.4, 0.5) is 0 Å². The first-order chi connectivity index (χ1) is 6.19. The molecular weight excluding hydrogens is 158 g/mol. The van der Waals surface area contributed by atoms with E-state index < -0.39 is 0 Å². The van der Waals surface area contributed by atoms with E-state index in [4.69, 9.17) is 5.26 Å². The number of rotatable bonds is 2. The fourth-order valence-electron chi connectivity index (χ4n) is 1.70. The summed E-state index contributed by atoms with van der Waals surface area (Å²) < 4.78 is 0. The van der Waals surface area contributed by atoms with E-state index in [1.165, 1.54) is 16.7 Å². The van der Waals surface area contributed by atoms with Gasteiger partial charge in [0, 0.05) is 0 Å². The SMILES string of the molecule is CCCc1c(C)cc(C#N)cc1C. The lowest BCUT2D eigenvalue weighted by Gasteiger charge is -2.08. The summed E-state index contributed by atoms with van der Waals surface area (Å²) in [6.45, 7) is 6.34. The Labute approximate surface area is 80.0 Å². The fraction of sp³-hybridized carbons (Fsp3) is 0.417. The Balaban J connectivity index is 3.17. The molecule has 0 saturated carbocycles.